The van der Waals surface area contributed by atoms with Gasteiger partial charge in [-0.05, 0) is 31.0 Å². The Labute approximate surface area is 115 Å². The van der Waals surface area contributed by atoms with Crippen LogP contribution in [0.25, 0.3) is 0 Å². The van der Waals surface area contributed by atoms with Gasteiger partial charge in [0.15, 0.2) is 9.84 Å². The third kappa shape index (κ3) is 3.67. The molecule has 1 N–H and O–H groups in total. The lowest BCUT2D eigenvalue weighted by Crippen LogP contribution is -2.30. The molecule has 104 valence electrons. The van der Waals surface area contributed by atoms with Crippen LogP contribution in [0.3, 0.4) is 0 Å². The molecule has 2 rings (SSSR count). The molecule has 0 atom stereocenters. The Bertz CT molecular complexity index is 599. The first kappa shape index (κ1) is 14.3. The second kappa shape index (κ2) is 5.46. The Morgan fingerprint density at radius 2 is 2.11 bits per heavy atom. The third-order valence-corrected chi connectivity index (χ3v) is 4.89. The second-order valence-electron chi connectivity index (χ2n) is 4.46. The third-order valence-electron chi connectivity index (χ3n) is 2.87. The van der Waals surface area contributed by atoms with Crippen LogP contribution in [0.1, 0.15) is 12.8 Å². The molecule has 19 heavy (non-hydrogen) atoms. The molecule has 0 saturated heterocycles. The van der Waals surface area contributed by atoms with Gasteiger partial charge in [0.05, 0.1) is 15.7 Å². The molecule has 0 unspecified atom stereocenters. The van der Waals surface area contributed by atoms with Gasteiger partial charge in [-0.15, -0.1) is 0 Å². The lowest BCUT2D eigenvalue weighted by Gasteiger charge is -2.06. The Morgan fingerprint density at radius 1 is 1.42 bits per heavy atom. The summed E-state index contributed by atoms with van der Waals surface area (Å²) in [7, 11) is -3.61. The van der Waals surface area contributed by atoms with E-state index in [2.05, 4.69) is 5.32 Å². The Morgan fingerprint density at radius 3 is 2.68 bits per heavy atom. The fourth-order valence-corrected chi connectivity index (χ4v) is 2.87. The van der Waals surface area contributed by atoms with Gasteiger partial charge >= 0.3 is 0 Å². The van der Waals surface area contributed by atoms with Crippen LogP contribution in [-0.2, 0) is 14.6 Å². The summed E-state index contributed by atoms with van der Waals surface area (Å²) in [5, 5.41) is 2.43. The van der Waals surface area contributed by atoms with Gasteiger partial charge in [0, 0.05) is 12.5 Å². The van der Waals surface area contributed by atoms with Crippen molar-refractivity contribution in [1.82, 2.24) is 5.32 Å². The fourth-order valence-electron chi connectivity index (χ4n) is 1.59. The van der Waals surface area contributed by atoms with Gasteiger partial charge in [-0.3, -0.25) is 4.79 Å². The largest absolute Gasteiger partial charge is 0.355 e. The normalized spacial score (nSPS) is 15.3. The predicted octanol–water partition coefficient (Wildman–Crippen LogP) is 1.78. The number of nitrogens with one attached hydrogen (secondary N) is 1. The smallest absolute Gasteiger partial charge is 0.223 e. The van der Waals surface area contributed by atoms with Crippen LogP contribution in [-0.4, -0.2) is 26.6 Å². The Balaban J connectivity index is 1.97. The number of carbonyl (C=O) groups excluding carboxylic acids is 1. The topological polar surface area (TPSA) is 63.2 Å². The number of hydrogen-bond donors (Lipinski definition) is 1. The molecule has 0 heterocycles. The zero-order valence-corrected chi connectivity index (χ0v) is 11.6. The van der Waals surface area contributed by atoms with Gasteiger partial charge in [0.25, 0.3) is 0 Å². The van der Waals surface area contributed by atoms with Gasteiger partial charge in [-0.2, -0.15) is 0 Å². The van der Waals surface area contributed by atoms with Crippen molar-refractivity contribution in [2.24, 2.45) is 5.92 Å². The lowest BCUT2D eigenvalue weighted by atomic mass is 10.3. The van der Waals surface area contributed by atoms with Crippen molar-refractivity contribution in [2.75, 3.05) is 12.3 Å². The van der Waals surface area contributed by atoms with Crippen LogP contribution < -0.4 is 5.32 Å². The number of halogens is 2. The van der Waals surface area contributed by atoms with Crippen LogP contribution in [0, 0.1) is 11.7 Å². The molecule has 0 bridgehead atoms. The van der Waals surface area contributed by atoms with Crippen molar-refractivity contribution in [3.05, 3.63) is 29.0 Å². The summed E-state index contributed by atoms with van der Waals surface area (Å²) in [6, 6.07) is 3.34. The van der Waals surface area contributed by atoms with E-state index >= 15 is 0 Å². The Hall–Kier alpha value is -1.14. The minimum Gasteiger partial charge on any atom is -0.355 e. The van der Waals surface area contributed by atoms with Crippen LogP contribution in [0.15, 0.2) is 23.1 Å². The van der Waals surface area contributed by atoms with Crippen LogP contribution in [0.4, 0.5) is 4.39 Å². The first-order valence-electron chi connectivity index (χ1n) is 5.85. The van der Waals surface area contributed by atoms with E-state index in [4.69, 9.17) is 11.6 Å². The minimum absolute atomic E-state index is 0.0297. The summed E-state index contributed by atoms with van der Waals surface area (Å²) in [6.45, 7) is 0.0297. The maximum Gasteiger partial charge on any atom is 0.223 e. The summed E-state index contributed by atoms with van der Waals surface area (Å²) < 4.78 is 37.0. The summed E-state index contributed by atoms with van der Waals surface area (Å²) in [6.07, 6.45) is 1.72. The molecule has 4 nitrogen and oxygen atoms in total. The van der Waals surface area contributed by atoms with E-state index in [9.17, 15) is 17.6 Å². The van der Waals surface area contributed by atoms with Gasteiger partial charge in [-0.1, -0.05) is 11.6 Å². The minimum atomic E-state index is -3.61. The monoisotopic (exact) mass is 305 g/mol. The number of carbonyl (C=O) groups is 1. The van der Waals surface area contributed by atoms with E-state index in [0.717, 1.165) is 18.9 Å². The highest BCUT2D eigenvalue weighted by molar-refractivity contribution is 7.91. The summed E-state index contributed by atoms with van der Waals surface area (Å²) in [5.41, 5.74) is 0. The standard InChI is InChI=1S/C12H13ClFNO3S/c13-10-4-3-9(7-11(10)14)19(17,18)6-5-15-12(16)8-1-2-8/h3-4,7-8H,1-2,5-6H2,(H,15,16). The number of hydrogen-bond acceptors (Lipinski definition) is 3. The average molecular weight is 306 g/mol. The maximum atomic E-state index is 13.2. The second-order valence-corrected chi connectivity index (χ2v) is 6.98. The first-order valence-corrected chi connectivity index (χ1v) is 7.89. The first-order chi connectivity index (χ1) is 8.90. The van der Waals surface area contributed by atoms with Gasteiger partial charge in [-0.25, -0.2) is 12.8 Å². The van der Waals surface area contributed by atoms with Crippen LogP contribution >= 0.6 is 11.6 Å². The predicted molar refractivity (Wildman–Crippen MR) is 69.2 cm³/mol. The average Bonchev–Trinajstić information content (AvgIpc) is 3.16. The summed E-state index contributed by atoms with van der Waals surface area (Å²) in [4.78, 5) is 11.2. The maximum absolute atomic E-state index is 13.2. The highest BCUT2D eigenvalue weighted by Crippen LogP contribution is 2.28. The van der Waals surface area contributed by atoms with E-state index in [1.807, 2.05) is 0 Å². The molecule has 7 heteroatoms. The number of sulfone groups is 1. The molecule has 1 fully saturated rings. The zero-order valence-electron chi connectivity index (χ0n) is 10.0. The summed E-state index contributed by atoms with van der Waals surface area (Å²) in [5.74, 6) is -1.11. The molecule has 1 aromatic rings. The molecule has 1 aromatic carbocycles. The van der Waals surface area contributed by atoms with Crippen molar-refractivity contribution in [3.63, 3.8) is 0 Å². The zero-order chi connectivity index (χ0) is 14.0. The molecule has 0 aliphatic heterocycles. The Kier molecular flexibility index (Phi) is 4.10. The fraction of sp³-hybridized carbons (Fsp3) is 0.417. The van der Waals surface area contributed by atoms with Crippen molar-refractivity contribution in [1.29, 1.82) is 0 Å². The van der Waals surface area contributed by atoms with E-state index in [1.54, 1.807) is 0 Å². The molecule has 0 aromatic heterocycles. The molecule has 1 saturated carbocycles. The molecule has 1 aliphatic carbocycles. The van der Waals surface area contributed by atoms with Crippen LogP contribution in [0.5, 0.6) is 0 Å². The van der Waals surface area contributed by atoms with E-state index in [0.29, 0.717) is 0 Å². The quantitative estimate of drug-likeness (QED) is 0.902. The lowest BCUT2D eigenvalue weighted by molar-refractivity contribution is -0.122. The number of benzene rings is 1. The molecule has 1 aliphatic rings. The van der Waals surface area contributed by atoms with Gasteiger partial charge < -0.3 is 5.32 Å². The van der Waals surface area contributed by atoms with Crippen molar-refractivity contribution >= 4 is 27.3 Å². The molecular weight excluding hydrogens is 293 g/mol. The molecule has 0 radical (unpaired) electrons. The molecule has 1 amide bonds. The highest BCUT2D eigenvalue weighted by Gasteiger charge is 2.29. The van der Waals surface area contributed by atoms with Crippen molar-refractivity contribution in [3.8, 4) is 0 Å². The van der Waals surface area contributed by atoms with Gasteiger partial charge in [0.2, 0.25) is 5.91 Å². The van der Waals surface area contributed by atoms with Crippen molar-refractivity contribution in [2.45, 2.75) is 17.7 Å². The van der Waals surface area contributed by atoms with E-state index in [-0.39, 0.29) is 34.0 Å². The SMILES string of the molecule is O=C(NCCS(=O)(=O)c1ccc(Cl)c(F)c1)C1CC1. The summed E-state index contributed by atoms with van der Waals surface area (Å²) >= 11 is 5.49. The molecular formula is C12H13ClFNO3S. The van der Waals surface area contributed by atoms with Crippen LogP contribution in [0.2, 0.25) is 5.02 Å². The highest BCUT2D eigenvalue weighted by atomic mass is 35.5. The van der Waals surface area contributed by atoms with Gasteiger partial charge in [0.1, 0.15) is 5.82 Å². The molecule has 0 spiro atoms. The van der Waals surface area contributed by atoms with E-state index < -0.39 is 15.7 Å². The number of rotatable bonds is 5. The van der Waals surface area contributed by atoms with Crippen molar-refractivity contribution < 1.29 is 17.6 Å². The van der Waals surface area contributed by atoms with E-state index in [1.165, 1.54) is 12.1 Å². The number of amides is 1.